The molecule has 0 saturated heterocycles. The minimum absolute atomic E-state index is 0.0270. The number of halogens is 1. The highest BCUT2D eigenvalue weighted by Gasteiger charge is 2.14. The van der Waals surface area contributed by atoms with Gasteiger partial charge in [0.1, 0.15) is 6.54 Å². The van der Waals surface area contributed by atoms with Crippen molar-refractivity contribution < 1.29 is 4.52 Å². The summed E-state index contributed by atoms with van der Waals surface area (Å²) in [4.78, 5) is 16.7. The molecule has 4 aromatic rings. The zero-order valence-corrected chi connectivity index (χ0v) is 13.5. The largest absolute Gasteiger partial charge is 0.368 e. The van der Waals surface area contributed by atoms with Crippen molar-refractivity contribution >= 4 is 11.6 Å². The average molecular weight is 355 g/mol. The molecule has 0 aliphatic carbocycles. The first kappa shape index (κ1) is 15.3. The molecule has 4 rings (SSSR count). The molecule has 0 radical (unpaired) electrons. The van der Waals surface area contributed by atoms with Crippen molar-refractivity contribution in [2.24, 2.45) is 0 Å². The Hall–Kier alpha value is -3.26. The Labute approximate surface area is 146 Å². The first-order valence-electron chi connectivity index (χ1n) is 7.37. The van der Waals surface area contributed by atoms with Gasteiger partial charge in [0.2, 0.25) is 11.7 Å². The van der Waals surface area contributed by atoms with Crippen molar-refractivity contribution in [3.63, 3.8) is 0 Å². The van der Waals surface area contributed by atoms with Gasteiger partial charge in [-0.25, -0.2) is 4.79 Å². The predicted octanol–water partition coefficient (Wildman–Crippen LogP) is 2.18. The predicted molar refractivity (Wildman–Crippen MR) is 89.5 cm³/mol. The van der Waals surface area contributed by atoms with Crippen molar-refractivity contribution in [3.05, 3.63) is 76.0 Å². The first-order valence-corrected chi connectivity index (χ1v) is 7.75. The number of hydrogen-bond acceptors (Lipinski definition) is 6. The summed E-state index contributed by atoms with van der Waals surface area (Å²) in [5.41, 5.74) is 0.959. The monoisotopic (exact) mass is 354 g/mol. The van der Waals surface area contributed by atoms with Crippen LogP contribution in [-0.4, -0.2) is 29.9 Å². The highest BCUT2D eigenvalue weighted by Crippen LogP contribution is 2.19. The topological polar surface area (TPSA) is 91.6 Å². The van der Waals surface area contributed by atoms with Crippen molar-refractivity contribution in [2.75, 3.05) is 0 Å². The van der Waals surface area contributed by atoms with E-state index in [1.54, 1.807) is 30.3 Å². The maximum Gasteiger partial charge on any atom is 0.368 e. The van der Waals surface area contributed by atoms with Gasteiger partial charge in [0.25, 0.3) is 0 Å². The molecule has 2 aromatic carbocycles. The van der Waals surface area contributed by atoms with Crippen LogP contribution >= 0.6 is 11.6 Å². The lowest BCUT2D eigenvalue weighted by atomic mass is 10.2. The Morgan fingerprint density at radius 1 is 1.04 bits per heavy atom. The molecule has 124 valence electrons. The molecule has 8 nitrogen and oxygen atoms in total. The molecule has 0 aliphatic heterocycles. The van der Waals surface area contributed by atoms with Crippen LogP contribution in [0.2, 0.25) is 5.02 Å². The van der Waals surface area contributed by atoms with Gasteiger partial charge < -0.3 is 4.52 Å². The summed E-state index contributed by atoms with van der Waals surface area (Å²) in [6, 6.07) is 16.1. The van der Waals surface area contributed by atoms with E-state index in [0.29, 0.717) is 16.5 Å². The minimum Gasteiger partial charge on any atom is -0.337 e. The molecular formula is C16H11ClN6O2. The third-order valence-electron chi connectivity index (χ3n) is 3.48. The van der Waals surface area contributed by atoms with Gasteiger partial charge in [-0.05, 0) is 34.7 Å². The molecule has 0 unspecified atom stereocenters. The number of rotatable bonds is 4. The molecule has 2 aromatic heterocycles. The number of nitrogens with zero attached hydrogens (tertiary/aromatic N) is 6. The Balaban J connectivity index is 1.60. The van der Waals surface area contributed by atoms with E-state index >= 15 is 0 Å². The fourth-order valence-electron chi connectivity index (χ4n) is 2.30. The number of aromatic nitrogens is 6. The van der Waals surface area contributed by atoms with E-state index in [0.717, 1.165) is 10.2 Å². The summed E-state index contributed by atoms with van der Waals surface area (Å²) in [6.45, 7) is 0.0270. The van der Waals surface area contributed by atoms with Crippen molar-refractivity contribution in [1.29, 1.82) is 0 Å². The number of benzene rings is 2. The normalized spacial score (nSPS) is 10.9. The van der Waals surface area contributed by atoms with Crippen molar-refractivity contribution in [2.45, 2.75) is 6.54 Å². The molecule has 0 atom stereocenters. The van der Waals surface area contributed by atoms with E-state index < -0.39 is 5.69 Å². The average Bonchev–Trinajstić information content (AvgIpc) is 3.24. The maximum absolute atomic E-state index is 12.4. The quantitative estimate of drug-likeness (QED) is 0.557. The van der Waals surface area contributed by atoms with E-state index in [2.05, 4.69) is 20.6 Å². The van der Waals surface area contributed by atoms with Gasteiger partial charge in [-0.15, -0.1) is 0 Å². The Morgan fingerprint density at radius 3 is 2.68 bits per heavy atom. The number of para-hydroxylation sites is 1. The van der Waals surface area contributed by atoms with Crippen LogP contribution in [0.3, 0.4) is 0 Å². The van der Waals surface area contributed by atoms with Crippen LogP contribution in [0.4, 0.5) is 0 Å². The number of hydrogen-bond donors (Lipinski definition) is 0. The fraction of sp³-hybridized carbons (Fsp3) is 0.0625. The second-order valence-corrected chi connectivity index (χ2v) is 5.62. The van der Waals surface area contributed by atoms with E-state index in [4.69, 9.17) is 16.1 Å². The Bertz CT molecular complexity index is 1070. The van der Waals surface area contributed by atoms with Gasteiger partial charge in [-0.1, -0.05) is 47.1 Å². The van der Waals surface area contributed by atoms with Crippen LogP contribution < -0.4 is 5.69 Å². The number of tetrazole rings is 1. The lowest BCUT2D eigenvalue weighted by Crippen LogP contribution is -2.24. The summed E-state index contributed by atoms with van der Waals surface area (Å²) in [6.07, 6.45) is 0. The molecule has 9 heteroatoms. The highest BCUT2D eigenvalue weighted by atomic mass is 35.5. The maximum atomic E-state index is 12.4. The summed E-state index contributed by atoms with van der Waals surface area (Å²) in [7, 11) is 0. The van der Waals surface area contributed by atoms with Gasteiger partial charge in [-0.2, -0.15) is 14.3 Å². The second kappa shape index (κ2) is 6.33. The summed E-state index contributed by atoms with van der Waals surface area (Å²) < 4.78 is 7.55. The lowest BCUT2D eigenvalue weighted by molar-refractivity contribution is 0.363. The van der Waals surface area contributed by atoms with Crippen LogP contribution in [-0.2, 0) is 6.54 Å². The van der Waals surface area contributed by atoms with Gasteiger partial charge >= 0.3 is 5.69 Å². The molecule has 0 saturated carbocycles. The zero-order valence-electron chi connectivity index (χ0n) is 12.8. The standard InChI is InChI=1S/C16H11ClN6O2/c17-12-6-4-5-11(9-12)15-18-14(25-19-15)10-22-16(24)23(21-20-22)13-7-2-1-3-8-13/h1-9H,10H2. The molecule has 2 heterocycles. The summed E-state index contributed by atoms with van der Waals surface area (Å²) in [5, 5.41) is 12.2. The van der Waals surface area contributed by atoms with Crippen LogP contribution in [0.5, 0.6) is 0 Å². The molecule has 25 heavy (non-hydrogen) atoms. The second-order valence-electron chi connectivity index (χ2n) is 5.19. The van der Waals surface area contributed by atoms with E-state index in [-0.39, 0.29) is 12.4 Å². The fourth-order valence-corrected chi connectivity index (χ4v) is 2.49. The van der Waals surface area contributed by atoms with E-state index in [1.165, 1.54) is 4.68 Å². The Morgan fingerprint density at radius 2 is 1.88 bits per heavy atom. The van der Waals surface area contributed by atoms with Crippen LogP contribution in [0.25, 0.3) is 17.1 Å². The summed E-state index contributed by atoms with van der Waals surface area (Å²) >= 11 is 5.96. The van der Waals surface area contributed by atoms with Crippen molar-refractivity contribution in [3.8, 4) is 17.1 Å². The van der Waals surface area contributed by atoms with Crippen LogP contribution in [0.1, 0.15) is 5.89 Å². The highest BCUT2D eigenvalue weighted by molar-refractivity contribution is 6.30. The Kier molecular flexibility index (Phi) is 3.87. The SMILES string of the molecule is O=c1n(Cc2nc(-c3cccc(Cl)c3)no2)nnn1-c1ccccc1. The van der Waals surface area contributed by atoms with E-state index in [9.17, 15) is 4.79 Å². The molecule has 0 fully saturated rings. The molecule has 0 bridgehead atoms. The molecule has 0 spiro atoms. The minimum atomic E-state index is -0.395. The van der Waals surface area contributed by atoms with Crippen LogP contribution in [0, 0.1) is 0 Å². The van der Waals surface area contributed by atoms with Gasteiger partial charge in [0.05, 0.1) is 5.69 Å². The molecule has 0 N–H and O–H groups in total. The molecule has 0 amide bonds. The van der Waals surface area contributed by atoms with E-state index in [1.807, 2.05) is 24.3 Å². The van der Waals surface area contributed by atoms with Gasteiger partial charge in [0, 0.05) is 10.6 Å². The summed E-state index contributed by atoms with van der Waals surface area (Å²) in [5.74, 6) is 0.637. The van der Waals surface area contributed by atoms with Gasteiger partial charge in [-0.3, -0.25) is 0 Å². The lowest BCUT2D eigenvalue weighted by Gasteiger charge is -1.96. The molecular weight excluding hydrogens is 344 g/mol. The van der Waals surface area contributed by atoms with Crippen LogP contribution in [0.15, 0.2) is 63.9 Å². The zero-order chi connectivity index (χ0) is 17.2. The molecule has 0 aliphatic rings. The smallest absolute Gasteiger partial charge is 0.337 e. The van der Waals surface area contributed by atoms with Crippen molar-refractivity contribution in [1.82, 2.24) is 29.9 Å². The van der Waals surface area contributed by atoms with Gasteiger partial charge in [0.15, 0.2) is 0 Å². The third kappa shape index (κ3) is 3.07. The third-order valence-corrected chi connectivity index (χ3v) is 3.71. The first-order chi connectivity index (χ1) is 12.2.